The molecular formula is C22H18N4O2. The van der Waals surface area contributed by atoms with E-state index in [0.717, 1.165) is 11.1 Å². The first-order chi connectivity index (χ1) is 13.7. The van der Waals surface area contributed by atoms with Gasteiger partial charge in [0.25, 0.3) is 0 Å². The Balaban J connectivity index is 2.05. The van der Waals surface area contributed by atoms with E-state index in [9.17, 15) is 10.1 Å². The number of nitrogens with two attached hydrogens (primary N) is 1. The molecule has 1 aliphatic heterocycles. The van der Waals surface area contributed by atoms with Crippen molar-refractivity contribution in [3.05, 3.63) is 82.9 Å². The largest absolute Gasteiger partial charge is 0.481 e. The van der Waals surface area contributed by atoms with Crippen molar-refractivity contribution in [3.63, 3.8) is 0 Å². The predicted molar refractivity (Wildman–Crippen MR) is 106 cm³/mol. The zero-order valence-electron chi connectivity index (χ0n) is 15.2. The smallest absolute Gasteiger partial charge is 0.232 e. The molecule has 1 aromatic heterocycles. The van der Waals surface area contributed by atoms with E-state index in [2.05, 4.69) is 16.4 Å². The van der Waals surface area contributed by atoms with Crippen LogP contribution in [-0.2, 0) is 4.79 Å². The van der Waals surface area contributed by atoms with Crippen LogP contribution in [0.4, 0.5) is 11.5 Å². The van der Waals surface area contributed by atoms with Crippen LogP contribution >= 0.6 is 0 Å². The molecule has 0 fully saturated rings. The molecule has 1 amide bonds. The quantitative estimate of drug-likeness (QED) is 0.736. The summed E-state index contributed by atoms with van der Waals surface area (Å²) >= 11 is 0. The van der Waals surface area contributed by atoms with Gasteiger partial charge in [0, 0.05) is 11.5 Å². The first-order valence-electron chi connectivity index (χ1n) is 8.84. The highest BCUT2D eigenvalue weighted by Gasteiger charge is 2.42. The Morgan fingerprint density at radius 3 is 2.14 bits per heavy atom. The average molecular weight is 370 g/mol. The minimum Gasteiger partial charge on any atom is -0.481 e. The number of benzene rings is 2. The van der Waals surface area contributed by atoms with Crippen LogP contribution in [0.5, 0.6) is 5.88 Å². The van der Waals surface area contributed by atoms with Crippen LogP contribution in [-0.4, -0.2) is 18.0 Å². The van der Waals surface area contributed by atoms with Gasteiger partial charge in [0.05, 0.1) is 18.7 Å². The molecule has 1 aliphatic rings. The number of methoxy groups -OCH3 is 1. The van der Waals surface area contributed by atoms with Gasteiger partial charge in [0.15, 0.2) is 0 Å². The Bertz CT molecular complexity index is 1080. The number of aromatic nitrogens is 1. The van der Waals surface area contributed by atoms with Crippen LogP contribution in [0.3, 0.4) is 0 Å². The monoisotopic (exact) mass is 370 g/mol. The first-order valence-corrected chi connectivity index (χ1v) is 8.84. The summed E-state index contributed by atoms with van der Waals surface area (Å²) in [6.45, 7) is 0. The molecule has 0 aliphatic carbocycles. The second kappa shape index (κ2) is 7.05. The van der Waals surface area contributed by atoms with E-state index >= 15 is 0 Å². The fourth-order valence-electron chi connectivity index (χ4n) is 3.83. The lowest BCUT2D eigenvalue weighted by Gasteiger charge is -2.35. The van der Waals surface area contributed by atoms with Gasteiger partial charge in [-0.25, -0.2) is 0 Å². The van der Waals surface area contributed by atoms with Crippen molar-refractivity contribution in [2.45, 2.75) is 11.8 Å². The van der Waals surface area contributed by atoms with Crippen LogP contribution in [0.1, 0.15) is 34.1 Å². The maximum atomic E-state index is 13.2. The zero-order chi connectivity index (χ0) is 19.7. The molecule has 138 valence electrons. The lowest BCUT2D eigenvalue weighted by Crippen LogP contribution is -2.34. The van der Waals surface area contributed by atoms with Gasteiger partial charge in [-0.15, -0.1) is 0 Å². The fraction of sp³-hybridized carbons (Fsp3) is 0.136. The van der Waals surface area contributed by atoms with E-state index in [1.807, 2.05) is 60.7 Å². The van der Waals surface area contributed by atoms with Crippen molar-refractivity contribution in [1.82, 2.24) is 4.98 Å². The number of carbonyl (C=O) groups is 1. The molecule has 6 heteroatoms. The van der Waals surface area contributed by atoms with Gasteiger partial charge in [-0.1, -0.05) is 60.7 Å². The molecule has 3 aromatic rings. The Kier molecular flexibility index (Phi) is 4.42. The molecule has 2 aromatic carbocycles. The summed E-state index contributed by atoms with van der Waals surface area (Å²) in [5, 5.41) is 12.5. The topological polar surface area (TPSA) is 101 Å². The number of nitrogen functional groups attached to an aromatic ring is 1. The van der Waals surface area contributed by atoms with Crippen molar-refractivity contribution in [3.8, 4) is 11.9 Å². The van der Waals surface area contributed by atoms with Gasteiger partial charge in [0.2, 0.25) is 11.8 Å². The second-order valence-corrected chi connectivity index (χ2v) is 6.55. The van der Waals surface area contributed by atoms with Crippen LogP contribution in [0.25, 0.3) is 0 Å². The number of amides is 1. The van der Waals surface area contributed by atoms with E-state index in [1.54, 1.807) is 0 Å². The van der Waals surface area contributed by atoms with Crippen molar-refractivity contribution in [1.29, 1.82) is 5.26 Å². The predicted octanol–water partition coefficient (Wildman–Crippen LogP) is 3.41. The molecule has 2 atom stereocenters. The number of carbonyl (C=O) groups excluding carboxylic acids is 1. The van der Waals surface area contributed by atoms with E-state index in [4.69, 9.17) is 10.5 Å². The van der Waals surface area contributed by atoms with Crippen molar-refractivity contribution >= 4 is 17.4 Å². The number of nitrogens with zero attached hydrogens (tertiary/aromatic N) is 2. The summed E-state index contributed by atoms with van der Waals surface area (Å²) in [6, 6.07) is 21.3. The maximum Gasteiger partial charge on any atom is 0.232 e. The molecule has 0 bridgehead atoms. The van der Waals surface area contributed by atoms with Gasteiger partial charge in [0.1, 0.15) is 17.5 Å². The molecule has 28 heavy (non-hydrogen) atoms. The number of pyridine rings is 1. The molecule has 0 saturated heterocycles. The summed E-state index contributed by atoms with van der Waals surface area (Å²) in [7, 11) is 1.50. The van der Waals surface area contributed by atoms with E-state index in [1.165, 1.54) is 7.11 Å². The van der Waals surface area contributed by atoms with Crippen LogP contribution in [0.15, 0.2) is 60.7 Å². The fourth-order valence-corrected chi connectivity index (χ4v) is 3.83. The summed E-state index contributed by atoms with van der Waals surface area (Å²) in [4.78, 5) is 17.5. The molecule has 0 spiro atoms. The third-order valence-corrected chi connectivity index (χ3v) is 5.03. The average Bonchev–Trinajstić information content (AvgIpc) is 2.73. The summed E-state index contributed by atoms with van der Waals surface area (Å²) < 4.78 is 5.51. The van der Waals surface area contributed by atoms with Crippen LogP contribution in [0.2, 0.25) is 0 Å². The van der Waals surface area contributed by atoms with Gasteiger partial charge >= 0.3 is 0 Å². The highest BCUT2D eigenvalue weighted by molar-refractivity contribution is 6.03. The number of ether oxygens (including phenoxy) is 1. The van der Waals surface area contributed by atoms with Gasteiger partial charge in [-0.2, -0.15) is 10.2 Å². The Morgan fingerprint density at radius 2 is 1.61 bits per heavy atom. The lowest BCUT2D eigenvalue weighted by molar-refractivity contribution is -0.118. The molecule has 3 N–H and O–H groups in total. The highest BCUT2D eigenvalue weighted by Crippen LogP contribution is 2.50. The number of fused-ring (bicyclic) bond motifs is 1. The molecule has 0 saturated carbocycles. The Morgan fingerprint density at radius 1 is 1.04 bits per heavy atom. The van der Waals surface area contributed by atoms with Crippen molar-refractivity contribution < 1.29 is 9.53 Å². The number of nitriles is 1. The zero-order valence-corrected chi connectivity index (χ0v) is 15.2. The highest BCUT2D eigenvalue weighted by atomic mass is 16.5. The van der Waals surface area contributed by atoms with Gasteiger partial charge < -0.3 is 15.8 Å². The van der Waals surface area contributed by atoms with E-state index in [-0.39, 0.29) is 23.2 Å². The third-order valence-electron chi connectivity index (χ3n) is 5.03. The molecule has 6 nitrogen and oxygen atoms in total. The molecule has 2 unspecified atom stereocenters. The maximum absolute atomic E-state index is 13.2. The minimum atomic E-state index is -0.498. The standard InChI is InChI=1S/C22H18N4O2/c1-28-22-18-16(13-8-4-2-5-9-13)17(14-10-6-3-7-11-14)21(27)25-19(18)15(12-23)20(24)26-22/h2-11,16-17H,1H3,(H2,24,26)(H,25,27). The number of hydrogen-bond acceptors (Lipinski definition) is 5. The number of hydrogen-bond donors (Lipinski definition) is 2. The minimum absolute atomic E-state index is 0.0309. The van der Waals surface area contributed by atoms with Crippen LogP contribution in [0, 0.1) is 11.3 Å². The van der Waals surface area contributed by atoms with Crippen molar-refractivity contribution in [2.24, 2.45) is 0 Å². The van der Waals surface area contributed by atoms with E-state index in [0.29, 0.717) is 17.1 Å². The number of nitrogens with one attached hydrogen (secondary N) is 1. The Hall–Kier alpha value is -3.85. The lowest BCUT2D eigenvalue weighted by atomic mass is 9.73. The molecule has 2 heterocycles. The van der Waals surface area contributed by atoms with Crippen LogP contribution < -0.4 is 15.8 Å². The number of anilines is 2. The summed E-state index contributed by atoms with van der Waals surface area (Å²) in [6.07, 6.45) is 0. The second-order valence-electron chi connectivity index (χ2n) is 6.55. The van der Waals surface area contributed by atoms with Gasteiger partial charge in [-0.3, -0.25) is 4.79 Å². The summed E-state index contributed by atoms with van der Waals surface area (Å²) in [5.41, 5.74) is 8.93. The number of rotatable bonds is 3. The third kappa shape index (κ3) is 2.74. The summed E-state index contributed by atoms with van der Waals surface area (Å²) in [5.74, 6) is -0.731. The van der Waals surface area contributed by atoms with Gasteiger partial charge in [-0.05, 0) is 11.1 Å². The van der Waals surface area contributed by atoms with E-state index < -0.39 is 5.92 Å². The normalized spacial score (nSPS) is 17.9. The van der Waals surface area contributed by atoms with Crippen molar-refractivity contribution in [2.75, 3.05) is 18.2 Å². The molecule has 0 radical (unpaired) electrons. The SMILES string of the molecule is COc1nc(N)c(C#N)c2c1C(c1ccccc1)C(c1ccccc1)C(=O)N2. The molecule has 4 rings (SSSR count). The Labute approximate surface area is 162 Å². The first kappa shape index (κ1) is 17.6. The molecular weight excluding hydrogens is 352 g/mol.